The first-order valence-corrected chi connectivity index (χ1v) is 7.26. The number of carbonyl (C=O) groups excluding carboxylic acids is 1. The predicted molar refractivity (Wildman–Crippen MR) is 71.3 cm³/mol. The van der Waals surface area contributed by atoms with Gasteiger partial charge in [-0.25, -0.2) is 13.2 Å². The highest BCUT2D eigenvalue weighted by atomic mass is 32.2. The summed E-state index contributed by atoms with van der Waals surface area (Å²) in [4.78, 5) is 21.9. The maximum absolute atomic E-state index is 12.2. The summed E-state index contributed by atoms with van der Waals surface area (Å²) in [6.07, 6.45) is 0. The third-order valence-electron chi connectivity index (χ3n) is 2.68. The zero-order chi connectivity index (χ0) is 16.2. The molecule has 0 saturated heterocycles. The van der Waals surface area contributed by atoms with Gasteiger partial charge in [0, 0.05) is 0 Å². The topological polar surface area (TPSA) is 130 Å². The fraction of sp³-hybridized carbons (Fsp3) is 0.333. The van der Waals surface area contributed by atoms with Crippen molar-refractivity contribution < 1.29 is 33.0 Å². The minimum absolute atomic E-state index is 0.0133. The van der Waals surface area contributed by atoms with Crippen LogP contribution in [0, 0.1) is 6.92 Å². The van der Waals surface area contributed by atoms with Crippen LogP contribution in [0.3, 0.4) is 0 Å². The first-order valence-electron chi connectivity index (χ1n) is 5.78. The highest BCUT2D eigenvalue weighted by Crippen LogP contribution is 2.18. The van der Waals surface area contributed by atoms with Crippen molar-refractivity contribution in [1.29, 1.82) is 0 Å². The molecule has 0 unspecified atom stereocenters. The van der Waals surface area contributed by atoms with Crippen LogP contribution in [-0.2, 0) is 19.6 Å². The Labute approximate surface area is 121 Å². The van der Waals surface area contributed by atoms with E-state index in [-0.39, 0.29) is 10.5 Å². The molecule has 1 rings (SSSR count). The van der Waals surface area contributed by atoms with E-state index in [1.807, 2.05) is 4.72 Å². The van der Waals surface area contributed by atoms with Crippen LogP contribution >= 0.6 is 0 Å². The van der Waals surface area contributed by atoms with Crippen LogP contribution < -0.4 is 4.72 Å². The Morgan fingerprint density at radius 1 is 1.38 bits per heavy atom. The maximum atomic E-state index is 12.2. The van der Waals surface area contributed by atoms with Gasteiger partial charge in [0.25, 0.3) is 0 Å². The molecule has 1 atom stereocenters. The summed E-state index contributed by atoms with van der Waals surface area (Å²) in [6.45, 7) is 0.592. The second-order valence-electron chi connectivity index (χ2n) is 4.17. The van der Waals surface area contributed by atoms with Gasteiger partial charge in [-0.05, 0) is 24.6 Å². The number of sulfonamides is 1. The van der Waals surface area contributed by atoms with Crippen molar-refractivity contribution in [2.75, 3.05) is 13.7 Å². The largest absolute Gasteiger partial charge is 0.480 e. The number of carboxylic acid groups (broad SMARTS) is 1. The van der Waals surface area contributed by atoms with E-state index in [1.54, 1.807) is 0 Å². The molecule has 116 valence electrons. The number of aryl methyl sites for hydroxylation is 1. The van der Waals surface area contributed by atoms with Crippen LogP contribution in [0.2, 0.25) is 0 Å². The highest BCUT2D eigenvalue weighted by molar-refractivity contribution is 7.89. The van der Waals surface area contributed by atoms with Gasteiger partial charge in [0.15, 0.2) is 0 Å². The number of benzene rings is 1. The molecule has 21 heavy (non-hydrogen) atoms. The smallest absolute Gasteiger partial charge is 0.337 e. The number of aliphatic carboxylic acids is 1. The summed E-state index contributed by atoms with van der Waals surface area (Å²) in [5.41, 5.74) is 0.330. The molecule has 0 aromatic heterocycles. The van der Waals surface area contributed by atoms with Crippen LogP contribution in [0.15, 0.2) is 23.1 Å². The minimum atomic E-state index is -4.21. The second kappa shape index (κ2) is 6.66. The van der Waals surface area contributed by atoms with E-state index >= 15 is 0 Å². The summed E-state index contributed by atoms with van der Waals surface area (Å²) in [5.74, 6) is -2.23. The van der Waals surface area contributed by atoms with E-state index in [1.165, 1.54) is 19.1 Å². The summed E-state index contributed by atoms with van der Waals surface area (Å²) >= 11 is 0. The van der Waals surface area contributed by atoms with Gasteiger partial charge < -0.3 is 14.9 Å². The third-order valence-corrected chi connectivity index (χ3v) is 4.29. The molecule has 8 nitrogen and oxygen atoms in total. The summed E-state index contributed by atoms with van der Waals surface area (Å²) in [5, 5.41) is 17.6. The third kappa shape index (κ3) is 4.00. The van der Waals surface area contributed by atoms with E-state index in [9.17, 15) is 18.0 Å². The van der Waals surface area contributed by atoms with Gasteiger partial charge in [0.05, 0.1) is 24.2 Å². The first kappa shape index (κ1) is 17.1. The molecule has 9 heteroatoms. The lowest BCUT2D eigenvalue weighted by molar-refractivity contribution is -0.139. The van der Waals surface area contributed by atoms with Gasteiger partial charge in [-0.1, -0.05) is 6.07 Å². The van der Waals surface area contributed by atoms with E-state index < -0.39 is 34.6 Å². The summed E-state index contributed by atoms with van der Waals surface area (Å²) < 4.78 is 30.7. The number of methoxy groups -OCH3 is 1. The molecule has 0 amide bonds. The quantitative estimate of drug-likeness (QED) is 0.603. The first-order chi connectivity index (χ1) is 9.72. The SMILES string of the molecule is COC(=O)c1ccc(C)c(S(=O)(=O)N[C@@H](CO)C(=O)O)c1. The fourth-order valence-corrected chi connectivity index (χ4v) is 3.00. The van der Waals surface area contributed by atoms with Gasteiger partial charge in [-0.3, -0.25) is 4.79 Å². The number of aliphatic hydroxyl groups is 1. The van der Waals surface area contributed by atoms with Crippen molar-refractivity contribution in [3.05, 3.63) is 29.3 Å². The van der Waals surface area contributed by atoms with Gasteiger partial charge >= 0.3 is 11.9 Å². The van der Waals surface area contributed by atoms with E-state index in [2.05, 4.69) is 4.74 Å². The number of rotatable bonds is 6. The maximum Gasteiger partial charge on any atom is 0.337 e. The van der Waals surface area contributed by atoms with Crippen molar-refractivity contribution in [1.82, 2.24) is 4.72 Å². The Morgan fingerprint density at radius 2 is 2.00 bits per heavy atom. The van der Waals surface area contributed by atoms with Crippen LogP contribution in [-0.4, -0.2) is 50.3 Å². The lowest BCUT2D eigenvalue weighted by atomic mass is 10.1. The zero-order valence-corrected chi connectivity index (χ0v) is 12.2. The molecule has 0 aliphatic rings. The summed E-state index contributed by atoms with van der Waals surface area (Å²) in [6, 6.07) is 2.20. The standard InChI is InChI=1S/C12H15NO7S/c1-7-3-4-8(12(17)20-2)5-10(7)21(18,19)13-9(6-14)11(15)16/h3-5,9,13-14H,6H2,1-2H3,(H,15,16)/t9-/m0/s1. The molecule has 0 heterocycles. The second-order valence-corrected chi connectivity index (χ2v) is 5.85. The van der Waals surface area contributed by atoms with Gasteiger partial charge in [-0.15, -0.1) is 0 Å². The Kier molecular flexibility index (Phi) is 5.41. The number of carboxylic acids is 1. The Bertz CT molecular complexity index is 654. The average Bonchev–Trinajstić information content (AvgIpc) is 2.43. The number of aliphatic hydroxyl groups excluding tert-OH is 1. The van der Waals surface area contributed by atoms with Crippen molar-refractivity contribution in [3.63, 3.8) is 0 Å². The Balaban J connectivity index is 3.24. The monoisotopic (exact) mass is 317 g/mol. The predicted octanol–water partition coefficient (Wildman–Crippen LogP) is -0.495. The number of hydrogen-bond acceptors (Lipinski definition) is 6. The van der Waals surface area contributed by atoms with E-state index in [0.717, 1.165) is 13.2 Å². The summed E-state index contributed by atoms with van der Waals surface area (Å²) in [7, 11) is -3.06. The molecule has 0 saturated carbocycles. The number of nitrogens with one attached hydrogen (secondary N) is 1. The zero-order valence-electron chi connectivity index (χ0n) is 11.4. The van der Waals surface area contributed by atoms with E-state index in [4.69, 9.17) is 10.2 Å². The lowest BCUT2D eigenvalue weighted by Crippen LogP contribution is -2.43. The lowest BCUT2D eigenvalue weighted by Gasteiger charge is -2.14. The van der Waals surface area contributed by atoms with E-state index in [0.29, 0.717) is 5.56 Å². The van der Waals surface area contributed by atoms with Gasteiger partial charge in [0.1, 0.15) is 6.04 Å². The normalized spacial score (nSPS) is 12.7. The number of carbonyl (C=O) groups is 2. The molecule has 0 radical (unpaired) electrons. The van der Waals surface area contributed by atoms with Crippen LogP contribution in [0.25, 0.3) is 0 Å². The highest BCUT2D eigenvalue weighted by Gasteiger charge is 2.26. The van der Waals surface area contributed by atoms with Crippen molar-refractivity contribution in [2.45, 2.75) is 17.9 Å². The van der Waals surface area contributed by atoms with Crippen molar-refractivity contribution in [3.8, 4) is 0 Å². The number of esters is 1. The number of hydrogen-bond donors (Lipinski definition) is 3. The molecule has 0 bridgehead atoms. The molecular weight excluding hydrogens is 302 g/mol. The molecule has 1 aromatic rings. The molecule has 0 aliphatic carbocycles. The van der Waals surface area contributed by atoms with Gasteiger partial charge in [0.2, 0.25) is 10.0 Å². The molecule has 0 fully saturated rings. The van der Waals surface area contributed by atoms with Crippen molar-refractivity contribution >= 4 is 22.0 Å². The van der Waals surface area contributed by atoms with Crippen molar-refractivity contribution in [2.24, 2.45) is 0 Å². The molecule has 0 aliphatic heterocycles. The Morgan fingerprint density at radius 3 is 2.48 bits per heavy atom. The number of ether oxygens (including phenoxy) is 1. The fourth-order valence-electron chi connectivity index (χ4n) is 1.55. The van der Waals surface area contributed by atoms with Crippen LogP contribution in [0.5, 0.6) is 0 Å². The molecule has 1 aromatic carbocycles. The average molecular weight is 317 g/mol. The molecule has 3 N–H and O–H groups in total. The molecular formula is C12H15NO7S. The van der Waals surface area contributed by atoms with Crippen LogP contribution in [0.4, 0.5) is 0 Å². The Hall–Kier alpha value is -1.97. The van der Waals surface area contributed by atoms with Crippen LogP contribution in [0.1, 0.15) is 15.9 Å². The van der Waals surface area contributed by atoms with Gasteiger partial charge in [-0.2, -0.15) is 4.72 Å². The minimum Gasteiger partial charge on any atom is -0.480 e. The molecule has 0 spiro atoms.